The fourth-order valence-electron chi connectivity index (χ4n) is 3.44. The minimum Gasteiger partial charge on any atom is -0.378 e. The van der Waals surface area contributed by atoms with Crippen LogP contribution >= 0.6 is 0 Å². The lowest BCUT2D eigenvalue weighted by Gasteiger charge is -2.39. The highest BCUT2D eigenvalue weighted by molar-refractivity contribution is 5.85. The second-order valence-corrected chi connectivity index (χ2v) is 6.55. The van der Waals surface area contributed by atoms with Crippen LogP contribution in [0, 0.1) is 0 Å². The van der Waals surface area contributed by atoms with Crippen LogP contribution in [0.3, 0.4) is 0 Å². The Morgan fingerprint density at radius 2 is 1.80 bits per heavy atom. The number of carbonyl (C=O) groups is 1. The number of aryl methyl sites for hydroxylation is 1. The van der Waals surface area contributed by atoms with E-state index in [0.29, 0.717) is 18.4 Å². The van der Waals surface area contributed by atoms with Crippen molar-refractivity contribution in [1.82, 2.24) is 5.32 Å². The molecule has 2 N–H and O–H groups in total. The van der Waals surface area contributed by atoms with Crippen LogP contribution in [0.25, 0.3) is 0 Å². The molecule has 0 bridgehead atoms. The van der Waals surface area contributed by atoms with Gasteiger partial charge >= 0.3 is 5.92 Å². The number of hydrogen-bond donors (Lipinski definition) is 2. The minimum absolute atomic E-state index is 0.147. The quantitative estimate of drug-likeness (QED) is 0.887. The maximum atomic E-state index is 15.0. The zero-order chi connectivity index (χ0) is 18.1. The molecule has 0 saturated heterocycles. The molecular formula is C20H21F2NO2. The molecule has 3 nitrogen and oxygen atoms in total. The number of fused-ring (bicyclic) bond motifs is 1. The van der Waals surface area contributed by atoms with Crippen molar-refractivity contribution in [2.45, 2.75) is 43.8 Å². The summed E-state index contributed by atoms with van der Waals surface area (Å²) in [5.41, 5.74) is -0.946. The van der Waals surface area contributed by atoms with Crippen LogP contribution in [0.1, 0.15) is 42.5 Å². The first-order valence-electron chi connectivity index (χ1n) is 8.41. The first-order chi connectivity index (χ1) is 11.9. The van der Waals surface area contributed by atoms with Gasteiger partial charge in [0.15, 0.2) is 5.60 Å². The van der Waals surface area contributed by atoms with Gasteiger partial charge in [0.05, 0.1) is 6.04 Å². The molecule has 1 aliphatic carbocycles. The number of nitrogens with one attached hydrogen (secondary N) is 1. The van der Waals surface area contributed by atoms with Gasteiger partial charge in [-0.3, -0.25) is 4.79 Å². The Morgan fingerprint density at radius 3 is 2.52 bits per heavy atom. The zero-order valence-electron chi connectivity index (χ0n) is 14.0. The Balaban J connectivity index is 1.87. The molecule has 132 valence electrons. The van der Waals surface area contributed by atoms with Gasteiger partial charge in [0.1, 0.15) is 0 Å². The van der Waals surface area contributed by atoms with Gasteiger partial charge < -0.3 is 10.4 Å². The maximum Gasteiger partial charge on any atom is 0.356 e. The maximum absolute atomic E-state index is 15.0. The van der Waals surface area contributed by atoms with Gasteiger partial charge in [-0.05, 0) is 42.9 Å². The van der Waals surface area contributed by atoms with Crippen molar-refractivity contribution in [3.05, 3.63) is 71.3 Å². The average molecular weight is 345 g/mol. The minimum atomic E-state index is -3.92. The molecule has 0 radical (unpaired) electrons. The van der Waals surface area contributed by atoms with Crippen LogP contribution in [0.15, 0.2) is 54.6 Å². The summed E-state index contributed by atoms with van der Waals surface area (Å²) in [5.74, 6) is -5.38. The molecule has 1 aliphatic rings. The molecule has 5 heteroatoms. The molecule has 0 fully saturated rings. The summed E-state index contributed by atoms with van der Waals surface area (Å²) >= 11 is 0. The summed E-state index contributed by atoms with van der Waals surface area (Å²) in [7, 11) is 0. The lowest BCUT2D eigenvalue weighted by atomic mass is 9.75. The summed E-state index contributed by atoms with van der Waals surface area (Å²) < 4.78 is 30.0. The first kappa shape index (κ1) is 17.5. The monoisotopic (exact) mass is 345 g/mol. The highest BCUT2D eigenvalue weighted by Gasteiger charge is 2.60. The molecule has 2 atom stereocenters. The fourth-order valence-corrected chi connectivity index (χ4v) is 3.44. The third-order valence-electron chi connectivity index (χ3n) is 4.90. The zero-order valence-corrected chi connectivity index (χ0v) is 14.0. The van der Waals surface area contributed by atoms with Gasteiger partial charge in [-0.15, -0.1) is 0 Å². The topological polar surface area (TPSA) is 49.3 Å². The summed E-state index contributed by atoms with van der Waals surface area (Å²) in [6, 6.07) is 14.9. The van der Waals surface area contributed by atoms with Crippen LogP contribution in [0.5, 0.6) is 0 Å². The predicted octanol–water partition coefficient (Wildman–Crippen LogP) is 3.72. The summed E-state index contributed by atoms with van der Waals surface area (Å²) in [6.07, 6.45) is 0.880. The van der Waals surface area contributed by atoms with Crippen LogP contribution < -0.4 is 5.32 Å². The molecular weight excluding hydrogens is 324 g/mol. The fraction of sp³-hybridized carbons (Fsp3) is 0.350. The van der Waals surface area contributed by atoms with Gasteiger partial charge in [0, 0.05) is 0 Å². The molecule has 2 aromatic carbocycles. The number of alkyl halides is 2. The number of amides is 1. The predicted molar refractivity (Wildman–Crippen MR) is 91.2 cm³/mol. The van der Waals surface area contributed by atoms with Gasteiger partial charge in [-0.1, -0.05) is 54.6 Å². The van der Waals surface area contributed by atoms with E-state index in [1.54, 1.807) is 49.4 Å². The molecule has 3 rings (SSSR count). The highest BCUT2D eigenvalue weighted by Crippen LogP contribution is 2.46. The molecule has 1 amide bonds. The Hall–Kier alpha value is -2.27. The van der Waals surface area contributed by atoms with Crippen LogP contribution in [0.4, 0.5) is 8.78 Å². The lowest BCUT2D eigenvalue weighted by Crippen LogP contribution is -2.56. The molecule has 0 saturated carbocycles. The molecule has 2 aromatic rings. The average Bonchev–Trinajstić information content (AvgIpc) is 2.62. The van der Waals surface area contributed by atoms with E-state index in [4.69, 9.17) is 0 Å². The largest absolute Gasteiger partial charge is 0.378 e. The Labute approximate surface area is 145 Å². The van der Waals surface area contributed by atoms with E-state index >= 15 is 0 Å². The van der Waals surface area contributed by atoms with Crippen LogP contribution in [-0.2, 0) is 16.8 Å². The van der Waals surface area contributed by atoms with Crippen LogP contribution in [0.2, 0.25) is 0 Å². The molecule has 0 aromatic heterocycles. The number of aliphatic hydroxyl groups is 1. The number of benzene rings is 2. The number of hydrogen-bond acceptors (Lipinski definition) is 2. The molecule has 25 heavy (non-hydrogen) atoms. The Bertz CT molecular complexity index is 763. The summed E-state index contributed by atoms with van der Waals surface area (Å²) in [5, 5.41) is 13.1. The van der Waals surface area contributed by atoms with E-state index in [1.165, 1.54) is 6.07 Å². The normalized spacial score (nSPS) is 21.3. The van der Waals surface area contributed by atoms with Crippen molar-refractivity contribution in [3.8, 4) is 0 Å². The Kier molecular flexibility index (Phi) is 4.60. The molecule has 0 spiro atoms. The third kappa shape index (κ3) is 3.04. The number of halogens is 2. The molecule has 0 unspecified atom stereocenters. The van der Waals surface area contributed by atoms with Gasteiger partial charge in [0.25, 0.3) is 5.91 Å². The highest BCUT2D eigenvalue weighted by atomic mass is 19.3. The number of rotatable bonds is 4. The van der Waals surface area contributed by atoms with Gasteiger partial charge in [-0.25, -0.2) is 0 Å². The van der Waals surface area contributed by atoms with Crippen molar-refractivity contribution >= 4 is 5.91 Å². The van der Waals surface area contributed by atoms with Crippen LogP contribution in [-0.4, -0.2) is 16.9 Å². The second kappa shape index (κ2) is 6.56. The van der Waals surface area contributed by atoms with Crippen molar-refractivity contribution in [3.63, 3.8) is 0 Å². The van der Waals surface area contributed by atoms with Gasteiger partial charge in [0.2, 0.25) is 0 Å². The van der Waals surface area contributed by atoms with E-state index in [2.05, 4.69) is 5.32 Å². The van der Waals surface area contributed by atoms with Crippen molar-refractivity contribution in [2.24, 2.45) is 0 Å². The second-order valence-electron chi connectivity index (χ2n) is 6.55. The summed E-state index contributed by atoms with van der Waals surface area (Å²) in [4.78, 5) is 12.3. The molecule has 0 aliphatic heterocycles. The SMILES string of the molecule is C[C@H](NC(=O)C(F)(F)[C@@]1(O)CCCc2ccccc21)c1ccccc1. The van der Waals surface area contributed by atoms with Gasteiger partial charge in [-0.2, -0.15) is 8.78 Å². The van der Waals surface area contributed by atoms with Crippen molar-refractivity contribution in [2.75, 3.05) is 0 Å². The van der Waals surface area contributed by atoms with Crippen molar-refractivity contribution < 1.29 is 18.7 Å². The van der Waals surface area contributed by atoms with E-state index < -0.39 is 23.5 Å². The first-order valence-corrected chi connectivity index (χ1v) is 8.41. The van der Waals surface area contributed by atoms with E-state index in [-0.39, 0.29) is 12.0 Å². The van der Waals surface area contributed by atoms with E-state index in [1.807, 2.05) is 6.07 Å². The standard InChI is InChI=1S/C20H21F2NO2/c1-14(15-8-3-2-4-9-15)23-18(24)20(21,22)19(25)13-7-11-16-10-5-6-12-17(16)19/h2-6,8-10,12,14,25H,7,11,13H2,1H3,(H,23,24)/t14-,19+/m0/s1. The van der Waals surface area contributed by atoms with Crippen molar-refractivity contribution in [1.29, 1.82) is 0 Å². The third-order valence-corrected chi connectivity index (χ3v) is 4.90. The summed E-state index contributed by atoms with van der Waals surface area (Å²) in [6.45, 7) is 1.64. The van der Waals surface area contributed by atoms with E-state index in [9.17, 15) is 18.7 Å². The number of carbonyl (C=O) groups excluding carboxylic acids is 1. The van der Waals surface area contributed by atoms with E-state index in [0.717, 1.165) is 5.56 Å². The molecule has 0 heterocycles. The smallest absolute Gasteiger partial charge is 0.356 e. The Morgan fingerprint density at radius 1 is 1.16 bits per heavy atom. The lowest BCUT2D eigenvalue weighted by molar-refractivity contribution is -0.201.